The van der Waals surface area contributed by atoms with Gasteiger partial charge >= 0.3 is 0 Å². The highest BCUT2D eigenvalue weighted by Crippen LogP contribution is 2.13. The van der Waals surface area contributed by atoms with Crippen LogP contribution in [-0.2, 0) is 0 Å². The molecule has 0 aliphatic carbocycles. The van der Waals surface area contributed by atoms with Crippen molar-refractivity contribution in [3.63, 3.8) is 0 Å². The monoisotopic (exact) mass is 164 g/mol. The van der Waals surface area contributed by atoms with E-state index in [0.717, 1.165) is 5.69 Å². The Balaban J connectivity index is 2.71. The molecule has 0 unspecified atom stereocenters. The highest BCUT2D eigenvalue weighted by atomic mass is 16.3. The van der Waals surface area contributed by atoms with Crippen LogP contribution in [0.4, 0.5) is 5.69 Å². The average molecular weight is 164 g/mol. The molecule has 1 rings (SSSR count). The molecule has 0 aliphatic heterocycles. The zero-order chi connectivity index (χ0) is 9.03. The summed E-state index contributed by atoms with van der Waals surface area (Å²) in [5.41, 5.74) is -0.338. The van der Waals surface area contributed by atoms with E-state index in [4.69, 9.17) is 0 Å². The summed E-state index contributed by atoms with van der Waals surface area (Å²) in [6.45, 7) is 3.17. The number of aliphatic hydroxyl groups is 1. The number of nitrogens with zero attached hydrogens (tertiary/aromatic N) is 2. The van der Waals surface area contributed by atoms with Crippen molar-refractivity contribution in [2.75, 3.05) is 0 Å². The van der Waals surface area contributed by atoms with Crippen LogP contribution >= 0.6 is 0 Å². The van der Waals surface area contributed by atoms with E-state index in [2.05, 4.69) is 10.2 Å². The van der Waals surface area contributed by atoms with Gasteiger partial charge < -0.3 is 5.11 Å². The molecular formula is C9H12N2O. The number of rotatable bonds is 2. The van der Waals surface area contributed by atoms with Crippen LogP contribution in [0.25, 0.3) is 0 Å². The summed E-state index contributed by atoms with van der Waals surface area (Å²) in [4.78, 5) is 0. The second-order valence-electron chi connectivity index (χ2n) is 3.03. The standard InChI is InChI=1S/C9H12N2O/c1-9(2,12)11-10-8-6-4-3-5-7-8/h3-7,12H,1-2H3. The minimum atomic E-state index is -1.09. The molecule has 0 heterocycles. The fourth-order valence-electron chi connectivity index (χ4n) is 0.675. The van der Waals surface area contributed by atoms with Gasteiger partial charge in [0.2, 0.25) is 0 Å². The van der Waals surface area contributed by atoms with Crippen LogP contribution in [0.1, 0.15) is 13.8 Å². The number of azo groups is 1. The molecule has 0 aromatic heterocycles. The second-order valence-corrected chi connectivity index (χ2v) is 3.03. The van der Waals surface area contributed by atoms with Crippen LogP contribution in [0.15, 0.2) is 40.6 Å². The fourth-order valence-corrected chi connectivity index (χ4v) is 0.675. The molecule has 1 aromatic rings. The van der Waals surface area contributed by atoms with Crippen molar-refractivity contribution in [1.29, 1.82) is 0 Å². The summed E-state index contributed by atoms with van der Waals surface area (Å²) in [7, 11) is 0. The van der Waals surface area contributed by atoms with E-state index >= 15 is 0 Å². The first-order valence-electron chi connectivity index (χ1n) is 3.78. The number of hydrogen-bond donors (Lipinski definition) is 1. The lowest BCUT2D eigenvalue weighted by molar-refractivity contribution is 0.0831. The normalized spacial score (nSPS) is 12.2. The Morgan fingerprint density at radius 2 is 1.75 bits per heavy atom. The van der Waals surface area contributed by atoms with E-state index in [1.54, 1.807) is 13.8 Å². The maximum Gasteiger partial charge on any atom is 0.170 e. The lowest BCUT2D eigenvalue weighted by Gasteiger charge is -2.07. The molecule has 1 N–H and O–H groups in total. The Morgan fingerprint density at radius 1 is 1.17 bits per heavy atom. The molecule has 0 saturated carbocycles. The van der Waals surface area contributed by atoms with Crippen molar-refractivity contribution in [2.45, 2.75) is 19.6 Å². The van der Waals surface area contributed by atoms with Crippen LogP contribution in [0.5, 0.6) is 0 Å². The first kappa shape index (κ1) is 8.87. The molecule has 0 aliphatic rings. The quantitative estimate of drug-likeness (QED) is 0.670. The van der Waals surface area contributed by atoms with Crippen LogP contribution in [-0.4, -0.2) is 10.8 Å². The maximum absolute atomic E-state index is 9.22. The Bertz CT molecular complexity index is 262. The van der Waals surface area contributed by atoms with Gasteiger partial charge in [0.05, 0.1) is 5.69 Å². The van der Waals surface area contributed by atoms with Gasteiger partial charge in [-0.05, 0) is 26.0 Å². The predicted molar refractivity (Wildman–Crippen MR) is 47.3 cm³/mol. The molecule has 3 nitrogen and oxygen atoms in total. The van der Waals surface area contributed by atoms with Gasteiger partial charge in [-0.2, -0.15) is 10.2 Å². The van der Waals surface area contributed by atoms with Crippen molar-refractivity contribution in [3.8, 4) is 0 Å². The molecule has 0 fully saturated rings. The fraction of sp³-hybridized carbons (Fsp3) is 0.333. The molecule has 0 bridgehead atoms. The van der Waals surface area contributed by atoms with Gasteiger partial charge in [-0.1, -0.05) is 18.2 Å². The van der Waals surface area contributed by atoms with Crippen LogP contribution in [0.2, 0.25) is 0 Å². The largest absolute Gasteiger partial charge is 0.368 e. The minimum absolute atomic E-state index is 0.750. The van der Waals surface area contributed by atoms with Crippen molar-refractivity contribution >= 4 is 5.69 Å². The van der Waals surface area contributed by atoms with Crippen molar-refractivity contribution < 1.29 is 5.11 Å². The topological polar surface area (TPSA) is 45.0 Å². The third-order valence-electron chi connectivity index (χ3n) is 1.17. The molecule has 1 aromatic carbocycles. The smallest absolute Gasteiger partial charge is 0.170 e. The van der Waals surface area contributed by atoms with Crippen molar-refractivity contribution in [3.05, 3.63) is 30.3 Å². The molecule has 0 atom stereocenters. The summed E-state index contributed by atoms with van der Waals surface area (Å²) in [6.07, 6.45) is 0. The van der Waals surface area contributed by atoms with Gasteiger partial charge in [-0.15, -0.1) is 0 Å². The Hall–Kier alpha value is -1.22. The summed E-state index contributed by atoms with van der Waals surface area (Å²) >= 11 is 0. The van der Waals surface area contributed by atoms with E-state index < -0.39 is 5.72 Å². The summed E-state index contributed by atoms with van der Waals surface area (Å²) in [5, 5.41) is 16.8. The van der Waals surface area contributed by atoms with Gasteiger partial charge in [0, 0.05) is 0 Å². The van der Waals surface area contributed by atoms with E-state index in [-0.39, 0.29) is 0 Å². The Morgan fingerprint density at radius 3 is 2.25 bits per heavy atom. The third-order valence-corrected chi connectivity index (χ3v) is 1.17. The molecule has 12 heavy (non-hydrogen) atoms. The van der Waals surface area contributed by atoms with Gasteiger partial charge in [0.1, 0.15) is 0 Å². The lowest BCUT2D eigenvalue weighted by atomic mass is 10.3. The maximum atomic E-state index is 9.22. The van der Waals surface area contributed by atoms with Crippen LogP contribution in [0.3, 0.4) is 0 Å². The second kappa shape index (κ2) is 3.45. The molecular weight excluding hydrogens is 152 g/mol. The number of benzene rings is 1. The first-order chi connectivity index (χ1) is 5.58. The summed E-state index contributed by atoms with van der Waals surface area (Å²) in [5.74, 6) is 0. The third kappa shape index (κ3) is 3.25. The van der Waals surface area contributed by atoms with Crippen LogP contribution in [0, 0.1) is 0 Å². The van der Waals surface area contributed by atoms with Gasteiger partial charge in [0.25, 0.3) is 0 Å². The molecule has 3 heteroatoms. The zero-order valence-corrected chi connectivity index (χ0v) is 7.23. The van der Waals surface area contributed by atoms with Gasteiger partial charge in [-0.25, -0.2) is 0 Å². The zero-order valence-electron chi connectivity index (χ0n) is 7.23. The SMILES string of the molecule is CC(C)(O)N=Nc1ccccc1. The van der Waals surface area contributed by atoms with E-state index in [9.17, 15) is 5.11 Å². The molecule has 0 radical (unpaired) electrons. The first-order valence-corrected chi connectivity index (χ1v) is 3.78. The minimum Gasteiger partial charge on any atom is -0.368 e. The lowest BCUT2D eigenvalue weighted by Crippen LogP contribution is -2.12. The molecule has 0 amide bonds. The van der Waals surface area contributed by atoms with E-state index in [0.29, 0.717) is 0 Å². The molecule has 0 saturated heterocycles. The van der Waals surface area contributed by atoms with Crippen LogP contribution < -0.4 is 0 Å². The number of hydrogen-bond acceptors (Lipinski definition) is 3. The molecule has 64 valence electrons. The summed E-state index contributed by atoms with van der Waals surface area (Å²) in [6, 6.07) is 9.31. The molecule has 0 spiro atoms. The summed E-state index contributed by atoms with van der Waals surface area (Å²) < 4.78 is 0. The Labute approximate surface area is 71.8 Å². The van der Waals surface area contributed by atoms with E-state index in [1.165, 1.54) is 0 Å². The van der Waals surface area contributed by atoms with Crippen molar-refractivity contribution in [1.82, 2.24) is 0 Å². The predicted octanol–water partition coefficient (Wildman–Crippen LogP) is 2.50. The van der Waals surface area contributed by atoms with Gasteiger partial charge in [-0.3, -0.25) is 0 Å². The van der Waals surface area contributed by atoms with Crippen molar-refractivity contribution in [2.24, 2.45) is 10.2 Å². The average Bonchev–Trinajstić information content (AvgIpc) is 2.02. The Kier molecular flexibility index (Phi) is 2.55. The van der Waals surface area contributed by atoms with Gasteiger partial charge in [0.15, 0.2) is 5.72 Å². The highest BCUT2D eigenvalue weighted by Gasteiger charge is 2.08. The van der Waals surface area contributed by atoms with E-state index in [1.807, 2.05) is 30.3 Å². The highest BCUT2D eigenvalue weighted by molar-refractivity contribution is 5.34.